The molecule has 3 aromatic rings. The minimum Gasteiger partial charge on any atom is -0.462 e. The van der Waals surface area contributed by atoms with Crippen LogP contribution in [-0.4, -0.2) is 23.5 Å². The summed E-state index contributed by atoms with van der Waals surface area (Å²) >= 11 is 0. The molecule has 0 saturated carbocycles. The fraction of sp³-hybridized carbons (Fsp3) is 0.174. The van der Waals surface area contributed by atoms with Crippen LogP contribution in [0, 0.1) is 13.8 Å². The number of carbonyl (C=O) groups is 2. The average molecular weight is 389 g/mol. The third kappa shape index (κ3) is 4.79. The number of nitrogens with one attached hydrogen (secondary N) is 2. The summed E-state index contributed by atoms with van der Waals surface area (Å²) in [6.45, 7) is 6.05. The van der Waals surface area contributed by atoms with Crippen LogP contribution in [0.3, 0.4) is 0 Å². The van der Waals surface area contributed by atoms with E-state index in [4.69, 9.17) is 4.74 Å². The fourth-order valence-electron chi connectivity index (χ4n) is 2.92. The SMILES string of the molecule is CCOC(=O)c1ccccc1NC(=O)c1ccc(Nc2c(C)cccc2C)nc1. The Kier molecular flexibility index (Phi) is 6.24. The van der Waals surface area contributed by atoms with E-state index in [1.54, 1.807) is 43.3 Å². The Hall–Kier alpha value is -3.67. The number of carbonyl (C=O) groups excluding carboxylic acids is 2. The molecule has 0 atom stereocenters. The fourth-order valence-corrected chi connectivity index (χ4v) is 2.92. The number of rotatable bonds is 6. The van der Waals surface area contributed by atoms with Crippen molar-refractivity contribution in [2.45, 2.75) is 20.8 Å². The van der Waals surface area contributed by atoms with Crippen molar-refractivity contribution in [2.75, 3.05) is 17.2 Å². The Balaban J connectivity index is 1.74. The normalized spacial score (nSPS) is 10.3. The molecule has 148 valence electrons. The van der Waals surface area contributed by atoms with Crippen molar-refractivity contribution in [2.24, 2.45) is 0 Å². The number of ether oxygens (including phenoxy) is 1. The number of nitrogens with zero attached hydrogens (tertiary/aromatic N) is 1. The minimum absolute atomic E-state index is 0.264. The molecule has 0 unspecified atom stereocenters. The van der Waals surface area contributed by atoms with Crippen LogP contribution in [0.2, 0.25) is 0 Å². The number of amides is 1. The molecule has 2 aromatic carbocycles. The molecular weight excluding hydrogens is 366 g/mol. The quantitative estimate of drug-likeness (QED) is 0.588. The summed E-state index contributed by atoms with van der Waals surface area (Å²) in [5.41, 5.74) is 4.32. The van der Waals surface area contributed by atoms with Gasteiger partial charge < -0.3 is 15.4 Å². The molecular formula is C23H23N3O3. The van der Waals surface area contributed by atoms with Gasteiger partial charge in [-0.15, -0.1) is 0 Å². The van der Waals surface area contributed by atoms with E-state index in [1.165, 1.54) is 6.20 Å². The number of anilines is 3. The van der Waals surface area contributed by atoms with Gasteiger partial charge in [0.15, 0.2) is 0 Å². The third-order valence-electron chi connectivity index (χ3n) is 4.43. The highest BCUT2D eigenvalue weighted by molar-refractivity contribution is 6.07. The second kappa shape index (κ2) is 9.01. The van der Waals surface area contributed by atoms with Crippen molar-refractivity contribution in [1.29, 1.82) is 0 Å². The number of pyridine rings is 1. The van der Waals surface area contributed by atoms with Gasteiger partial charge >= 0.3 is 5.97 Å². The van der Waals surface area contributed by atoms with E-state index >= 15 is 0 Å². The van der Waals surface area contributed by atoms with E-state index in [9.17, 15) is 9.59 Å². The van der Waals surface area contributed by atoms with Crippen molar-refractivity contribution in [3.63, 3.8) is 0 Å². The Morgan fingerprint density at radius 2 is 1.69 bits per heavy atom. The predicted octanol–water partition coefficient (Wildman–Crippen LogP) is 4.87. The Morgan fingerprint density at radius 3 is 2.34 bits per heavy atom. The molecule has 29 heavy (non-hydrogen) atoms. The summed E-state index contributed by atoms with van der Waals surface area (Å²) in [7, 11) is 0. The molecule has 6 heteroatoms. The molecule has 2 N–H and O–H groups in total. The zero-order valence-corrected chi connectivity index (χ0v) is 16.7. The summed E-state index contributed by atoms with van der Waals surface area (Å²) in [4.78, 5) is 29.0. The number of hydrogen-bond acceptors (Lipinski definition) is 5. The number of aromatic nitrogens is 1. The van der Waals surface area contributed by atoms with Crippen LogP contribution in [0.25, 0.3) is 0 Å². The first-order valence-corrected chi connectivity index (χ1v) is 9.36. The van der Waals surface area contributed by atoms with Gasteiger partial charge in [-0.2, -0.15) is 0 Å². The predicted molar refractivity (Wildman–Crippen MR) is 114 cm³/mol. The highest BCUT2D eigenvalue weighted by atomic mass is 16.5. The maximum Gasteiger partial charge on any atom is 0.340 e. The molecule has 0 aliphatic heterocycles. The molecule has 0 aliphatic rings. The second-order valence-electron chi connectivity index (χ2n) is 6.54. The monoisotopic (exact) mass is 389 g/mol. The molecule has 1 aromatic heterocycles. The van der Waals surface area contributed by atoms with E-state index in [1.807, 2.05) is 32.0 Å². The molecule has 0 saturated heterocycles. The lowest BCUT2D eigenvalue weighted by Crippen LogP contribution is -2.16. The summed E-state index contributed by atoms with van der Waals surface area (Å²) in [6, 6.07) is 16.2. The molecule has 0 radical (unpaired) electrons. The van der Waals surface area contributed by atoms with Crippen molar-refractivity contribution < 1.29 is 14.3 Å². The van der Waals surface area contributed by atoms with Crippen LogP contribution in [0.15, 0.2) is 60.8 Å². The van der Waals surface area contributed by atoms with Gasteiger partial charge in [-0.25, -0.2) is 9.78 Å². The van der Waals surface area contributed by atoms with Crippen LogP contribution >= 0.6 is 0 Å². The molecule has 0 bridgehead atoms. The van der Waals surface area contributed by atoms with E-state index in [-0.39, 0.29) is 12.5 Å². The zero-order valence-electron chi connectivity index (χ0n) is 16.7. The average Bonchev–Trinajstić information content (AvgIpc) is 2.72. The topological polar surface area (TPSA) is 80.3 Å². The maximum atomic E-state index is 12.6. The van der Waals surface area contributed by atoms with Gasteiger partial charge in [-0.3, -0.25) is 4.79 Å². The first-order chi connectivity index (χ1) is 14.0. The summed E-state index contributed by atoms with van der Waals surface area (Å²) in [5.74, 6) is -0.187. The van der Waals surface area contributed by atoms with Crippen molar-refractivity contribution >= 4 is 29.1 Å². The largest absolute Gasteiger partial charge is 0.462 e. The van der Waals surface area contributed by atoms with Gasteiger partial charge in [0.2, 0.25) is 0 Å². The summed E-state index contributed by atoms with van der Waals surface area (Å²) in [6.07, 6.45) is 1.50. The zero-order chi connectivity index (χ0) is 20.8. The lowest BCUT2D eigenvalue weighted by atomic mass is 10.1. The van der Waals surface area contributed by atoms with Gasteiger partial charge in [0.05, 0.1) is 23.4 Å². The first kappa shape index (κ1) is 20.1. The lowest BCUT2D eigenvalue weighted by molar-refractivity contribution is 0.0527. The van der Waals surface area contributed by atoms with Gasteiger partial charge in [-0.05, 0) is 56.2 Å². The number of para-hydroxylation sites is 2. The molecule has 1 heterocycles. The lowest BCUT2D eigenvalue weighted by Gasteiger charge is -2.13. The Morgan fingerprint density at radius 1 is 0.966 bits per heavy atom. The number of benzene rings is 2. The molecule has 3 rings (SSSR count). The molecule has 0 fully saturated rings. The van der Waals surface area contributed by atoms with Gasteiger partial charge in [0, 0.05) is 11.9 Å². The molecule has 1 amide bonds. The van der Waals surface area contributed by atoms with Gasteiger partial charge in [0.25, 0.3) is 5.91 Å². The van der Waals surface area contributed by atoms with E-state index in [2.05, 4.69) is 15.6 Å². The standard InChI is InChI=1S/C23H23N3O3/c1-4-29-23(28)18-10-5-6-11-19(18)25-22(27)17-12-13-20(24-14-17)26-21-15(2)8-7-9-16(21)3/h5-14H,4H2,1-3H3,(H,24,26)(H,25,27). The van der Waals surface area contributed by atoms with Crippen LogP contribution in [0.1, 0.15) is 38.8 Å². The van der Waals surface area contributed by atoms with Gasteiger partial charge in [0.1, 0.15) is 5.82 Å². The van der Waals surface area contributed by atoms with E-state index < -0.39 is 5.97 Å². The smallest absolute Gasteiger partial charge is 0.340 e. The molecule has 0 spiro atoms. The van der Waals surface area contributed by atoms with Crippen molar-refractivity contribution in [1.82, 2.24) is 4.98 Å². The van der Waals surface area contributed by atoms with Crippen molar-refractivity contribution in [3.05, 3.63) is 83.0 Å². The minimum atomic E-state index is -0.477. The second-order valence-corrected chi connectivity index (χ2v) is 6.54. The third-order valence-corrected chi connectivity index (χ3v) is 4.43. The van der Waals surface area contributed by atoms with Crippen LogP contribution in [0.5, 0.6) is 0 Å². The Bertz CT molecular complexity index is 1010. The summed E-state index contributed by atoms with van der Waals surface area (Å²) < 4.78 is 5.04. The number of hydrogen-bond donors (Lipinski definition) is 2. The number of aryl methyl sites for hydroxylation is 2. The number of esters is 1. The van der Waals surface area contributed by atoms with E-state index in [0.29, 0.717) is 22.6 Å². The van der Waals surface area contributed by atoms with Crippen LogP contribution < -0.4 is 10.6 Å². The van der Waals surface area contributed by atoms with Crippen molar-refractivity contribution in [3.8, 4) is 0 Å². The summed E-state index contributed by atoms with van der Waals surface area (Å²) in [5, 5.41) is 6.04. The first-order valence-electron chi connectivity index (χ1n) is 9.36. The van der Waals surface area contributed by atoms with Crippen LogP contribution in [0.4, 0.5) is 17.2 Å². The maximum absolute atomic E-state index is 12.6. The Labute approximate surface area is 169 Å². The molecule has 0 aliphatic carbocycles. The molecule has 6 nitrogen and oxygen atoms in total. The highest BCUT2D eigenvalue weighted by Crippen LogP contribution is 2.23. The van der Waals surface area contributed by atoms with Crippen LogP contribution in [-0.2, 0) is 4.74 Å². The van der Waals surface area contributed by atoms with Gasteiger partial charge in [-0.1, -0.05) is 30.3 Å². The highest BCUT2D eigenvalue weighted by Gasteiger charge is 2.15. The van der Waals surface area contributed by atoms with E-state index in [0.717, 1.165) is 16.8 Å².